The Kier molecular flexibility index (Phi) is 8.80. The Morgan fingerprint density at radius 3 is 2.59 bits per heavy atom. The van der Waals surface area contributed by atoms with Crippen LogP contribution in [0.25, 0.3) is 0 Å². The normalized spacial score (nSPS) is 14.3. The minimum Gasteiger partial charge on any atom is -0.466 e. The minimum atomic E-state index is -0.620. The van der Waals surface area contributed by atoms with Crippen LogP contribution in [0.5, 0.6) is 0 Å². The first kappa shape index (κ1) is 25.0. The zero-order valence-electron chi connectivity index (χ0n) is 19.8. The third-order valence-corrected chi connectivity index (χ3v) is 6.07. The number of carbonyl (C=O) groups excluding carboxylic acids is 3. The van der Waals surface area contributed by atoms with Gasteiger partial charge >= 0.3 is 5.97 Å². The summed E-state index contributed by atoms with van der Waals surface area (Å²) < 4.78 is 5.17. The van der Waals surface area contributed by atoms with Crippen LogP contribution < -0.4 is 4.90 Å². The number of hydrogen-bond donors (Lipinski definition) is 0. The quantitative estimate of drug-likeness (QED) is 0.386. The molecule has 2 aromatic carbocycles. The number of benzene rings is 2. The van der Waals surface area contributed by atoms with E-state index >= 15 is 0 Å². The maximum absolute atomic E-state index is 13.8. The number of aryl methyl sites for hydroxylation is 1. The number of nitrogens with zero attached hydrogens (tertiary/aromatic N) is 3. The molecule has 1 aliphatic heterocycles. The number of anilines is 1. The number of amides is 2. The van der Waals surface area contributed by atoms with Gasteiger partial charge in [-0.05, 0) is 49.4 Å². The molecule has 0 saturated heterocycles. The fourth-order valence-electron chi connectivity index (χ4n) is 4.24. The monoisotopic (exact) mass is 461 g/mol. The Labute approximate surface area is 200 Å². The molecule has 0 N–H and O–H groups in total. The Balaban J connectivity index is 1.94. The number of nitriles is 1. The maximum Gasteiger partial charge on any atom is 0.308 e. The SMILES string of the molecule is CCOC(=O)CC(c1ccccc1)N1CC(=O)N(C)c2ccc(CCCCCC#N)cc2C1=O. The van der Waals surface area contributed by atoms with Crippen LogP contribution in [0.4, 0.5) is 5.69 Å². The number of carbonyl (C=O) groups is 3. The van der Waals surface area contributed by atoms with Crippen molar-refractivity contribution in [3.63, 3.8) is 0 Å². The number of rotatable bonds is 10. The average Bonchev–Trinajstić information content (AvgIpc) is 2.93. The van der Waals surface area contributed by atoms with Gasteiger partial charge in [-0.1, -0.05) is 42.8 Å². The molecule has 0 fully saturated rings. The van der Waals surface area contributed by atoms with E-state index in [9.17, 15) is 14.4 Å². The van der Waals surface area contributed by atoms with E-state index < -0.39 is 12.0 Å². The first-order chi connectivity index (χ1) is 16.5. The molecule has 0 radical (unpaired) electrons. The van der Waals surface area contributed by atoms with Gasteiger partial charge in [0.05, 0.1) is 36.4 Å². The van der Waals surface area contributed by atoms with E-state index in [2.05, 4.69) is 6.07 Å². The van der Waals surface area contributed by atoms with Gasteiger partial charge < -0.3 is 14.5 Å². The Bertz CT molecular complexity index is 1060. The van der Waals surface area contributed by atoms with Gasteiger partial charge in [0.2, 0.25) is 5.91 Å². The predicted molar refractivity (Wildman–Crippen MR) is 129 cm³/mol. The molecule has 1 aliphatic rings. The van der Waals surface area contributed by atoms with Crippen LogP contribution in [0.3, 0.4) is 0 Å². The summed E-state index contributed by atoms with van der Waals surface area (Å²) in [4.78, 5) is 42.3. The van der Waals surface area contributed by atoms with Gasteiger partial charge in [-0.15, -0.1) is 0 Å². The van der Waals surface area contributed by atoms with Crippen molar-refractivity contribution in [2.45, 2.75) is 51.5 Å². The number of hydrogen-bond acceptors (Lipinski definition) is 5. The Morgan fingerprint density at radius 1 is 1.12 bits per heavy atom. The first-order valence-electron chi connectivity index (χ1n) is 11.7. The molecule has 0 bridgehead atoms. The number of likely N-dealkylation sites (N-methyl/N-ethyl adjacent to an activating group) is 1. The second-order valence-electron chi connectivity index (χ2n) is 8.39. The summed E-state index contributed by atoms with van der Waals surface area (Å²) in [6, 6.07) is 16.4. The lowest BCUT2D eigenvalue weighted by atomic mass is 9.99. The molecule has 1 unspecified atom stereocenters. The molecule has 0 aliphatic carbocycles. The average molecular weight is 462 g/mol. The van der Waals surface area contributed by atoms with Gasteiger partial charge in [0.1, 0.15) is 6.54 Å². The molecular formula is C27H31N3O4. The Hall–Kier alpha value is -3.66. The number of unbranched alkanes of at least 4 members (excludes halogenated alkanes) is 3. The van der Waals surface area contributed by atoms with E-state index in [1.165, 1.54) is 9.80 Å². The summed E-state index contributed by atoms with van der Waals surface area (Å²) in [7, 11) is 1.67. The number of esters is 1. The molecule has 2 amide bonds. The van der Waals surface area contributed by atoms with E-state index in [1.54, 1.807) is 14.0 Å². The van der Waals surface area contributed by atoms with Crippen molar-refractivity contribution in [3.05, 3.63) is 65.2 Å². The highest BCUT2D eigenvalue weighted by molar-refractivity contribution is 6.09. The van der Waals surface area contributed by atoms with Gasteiger partial charge in [-0.3, -0.25) is 14.4 Å². The van der Waals surface area contributed by atoms with Gasteiger partial charge in [-0.2, -0.15) is 5.26 Å². The van der Waals surface area contributed by atoms with E-state index in [0.717, 1.165) is 36.8 Å². The van der Waals surface area contributed by atoms with E-state index in [-0.39, 0.29) is 31.4 Å². The summed E-state index contributed by atoms with van der Waals surface area (Å²) >= 11 is 0. The van der Waals surface area contributed by atoms with Crippen LogP contribution in [0.15, 0.2) is 48.5 Å². The molecule has 7 nitrogen and oxygen atoms in total. The largest absolute Gasteiger partial charge is 0.466 e. The summed E-state index contributed by atoms with van der Waals surface area (Å²) in [5.41, 5.74) is 2.80. The third kappa shape index (κ3) is 6.02. The fourth-order valence-corrected chi connectivity index (χ4v) is 4.24. The molecule has 0 saturated carbocycles. The van der Waals surface area contributed by atoms with Crippen molar-refractivity contribution >= 4 is 23.5 Å². The summed E-state index contributed by atoms with van der Waals surface area (Å²) in [5.74, 6) is -0.918. The molecule has 178 valence electrons. The standard InChI is InChI=1S/C27H31N3O4/c1-3-34-26(32)18-24(21-12-8-6-9-13-21)30-19-25(31)29(2)23-15-14-20(17-22(23)27(30)33)11-7-4-5-10-16-28/h6,8-9,12-15,17,24H,3-5,7,10-11,18-19H2,1-2H3. The Morgan fingerprint density at radius 2 is 1.88 bits per heavy atom. The topological polar surface area (TPSA) is 90.7 Å². The molecular weight excluding hydrogens is 430 g/mol. The van der Waals surface area contributed by atoms with E-state index in [1.807, 2.05) is 48.5 Å². The van der Waals surface area contributed by atoms with Crippen molar-refractivity contribution in [2.75, 3.05) is 25.1 Å². The maximum atomic E-state index is 13.8. The van der Waals surface area contributed by atoms with E-state index in [0.29, 0.717) is 17.7 Å². The van der Waals surface area contributed by atoms with E-state index in [4.69, 9.17) is 10.00 Å². The molecule has 3 rings (SSSR count). The molecule has 0 spiro atoms. The van der Waals surface area contributed by atoms with Crippen molar-refractivity contribution in [1.29, 1.82) is 5.26 Å². The van der Waals surface area contributed by atoms with Gasteiger partial charge in [0.15, 0.2) is 0 Å². The lowest BCUT2D eigenvalue weighted by Gasteiger charge is -2.30. The highest BCUT2D eigenvalue weighted by Gasteiger charge is 2.36. The molecule has 34 heavy (non-hydrogen) atoms. The van der Waals surface area contributed by atoms with Crippen molar-refractivity contribution in [2.24, 2.45) is 0 Å². The second-order valence-corrected chi connectivity index (χ2v) is 8.39. The zero-order chi connectivity index (χ0) is 24.5. The summed E-state index contributed by atoms with van der Waals surface area (Å²) in [6.07, 6.45) is 4.02. The van der Waals surface area contributed by atoms with Crippen LogP contribution in [-0.4, -0.2) is 42.9 Å². The highest BCUT2D eigenvalue weighted by Crippen LogP contribution is 2.33. The van der Waals surface area contributed by atoms with Crippen molar-refractivity contribution in [1.82, 2.24) is 4.90 Å². The fraction of sp³-hybridized carbons (Fsp3) is 0.407. The van der Waals surface area contributed by atoms with Crippen LogP contribution in [-0.2, 0) is 20.7 Å². The second kappa shape index (κ2) is 12.0. The number of ether oxygens (including phenoxy) is 1. The number of fused-ring (bicyclic) bond motifs is 1. The van der Waals surface area contributed by atoms with Crippen LogP contribution in [0.2, 0.25) is 0 Å². The smallest absolute Gasteiger partial charge is 0.308 e. The van der Waals surface area contributed by atoms with Crippen LogP contribution in [0, 0.1) is 11.3 Å². The van der Waals surface area contributed by atoms with Crippen LogP contribution >= 0.6 is 0 Å². The van der Waals surface area contributed by atoms with Crippen LogP contribution in [0.1, 0.15) is 66.6 Å². The summed E-state index contributed by atoms with van der Waals surface area (Å²) in [5, 5.41) is 8.70. The zero-order valence-corrected chi connectivity index (χ0v) is 19.8. The summed E-state index contributed by atoms with van der Waals surface area (Å²) in [6.45, 7) is 1.85. The predicted octanol–water partition coefficient (Wildman–Crippen LogP) is 4.43. The van der Waals surface area contributed by atoms with Crippen molar-refractivity contribution < 1.29 is 19.1 Å². The minimum absolute atomic E-state index is 0.0332. The first-order valence-corrected chi connectivity index (χ1v) is 11.7. The molecule has 0 aromatic heterocycles. The third-order valence-electron chi connectivity index (χ3n) is 6.07. The van der Waals surface area contributed by atoms with Gasteiger partial charge in [-0.25, -0.2) is 0 Å². The lowest BCUT2D eigenvalue weighted by Crippen LogP contribution is -2.41. The van der Waals surface area contributed by atoms with Crippen molar-refractivity contribution in [3.8, 4) is 6.07 Å². The highest BCUT2D eigenvalue weighted by atomic mass is 16.5. The lowest BCUT2D eigenvalue weighted by molar-refractivity contribution is -0.144. The molecule has 2 aromatic rings. The molecule has 1 heterocycles. The van der Waals surface area contributed by atoms with Gasteiger partial charge in [0, 0.05) is 13.5 Å². The van der Waals surface area contributed by atoms with Gasteiger partial charge in [0.25, 0.3) is 5.91 Å². The molecule has 1 atom stereocenters. The molecule has 7 heteroatoms.